The third-order valence-corrected chi connectivity index (χ3v) is 4.73. The molecule has 3 rings (SSSR count). The highest BCUT2D eigenvalue weighted by atomic mass is 127. The summed E-state index contributed by atoms with van der Waals surface area (Å²) in [6.07, 6.45) is 0.982. The molecule has 1 heterocycles. The van der Waals surface area contributed by atoms with Gasteiger partial charge in [0.2, 0.25) is 0 Å². The van der Waals surface area contributed by atoms with Crippen molar-refractivity contribution in [1.82, 2.24) is 10.6 Å². The topological polar surface area (TPSA) is 69.1 Å². The van der Waals surface area contributed by atoms with Crippen molar-refractivity contribution in [1.29, 1.82) is 0 Å². The molecule has 0 amide bonds. The summed E-state index contributed by atoms with van der Waals surface area (Å²) in [4.78, 5) is 6.85. The predicted molar refractivity (Wildman–Crippen MR) is 125 cm³/mol. The van der Waals surface area contributed by atoms with E-state index in [1.165, 1.54) is 12.1 Å². The number of phenols is 1. The van der Waals surface area contributed by atoms with Gasteiger partial charge in [-0.2, -0.15) is 0 Å². The number of hydrogen-bond donors (Lipinski definition) is 3. The van der Waals surface area contributed by atoms with Crippen LogP contribution in [0.25, 0.3) is 0 Å². The van der Waals surface area contributed by atoms with Crippen LogP contribution in [0, 0.1) is 5.82 Å². The van der Waals surface area contributed by atoms with Gasteiger partial charge in [0.25, 0.3) is 0 Å². The monoisotopic (exact) mass is 514 g/mol. The van der Waals surface area contributed by atoms with Crippen molar-refractivity contribution in [3.63, 3.8) is 0 Å². The summed E-state index contributed by atoms with van der Waals surface area (Å²) in [5, 5.41) is 16.0. The Morgan fingerprint density at radius 3 is 2.83 bits per heavy atom. The van der Waals surface area contributed by atoms with Gasteiger partial charge in [0.15, 0.2) is 17.5 Å². The SMILES string of the molecule is CCNC(=NCc1ccc(O)c(F)c1)NC1CCN(c2ccccc2OC)C1.I. The van der Waals surface area contributed by atoms with Gasteiger partial charge < -0.3 is 25.4 Å². The van der Waals surface area contributed by atoms with Crippen LogP contribution in [0.1, 0.15) is 18.9 Å². The van der Waals surface area contributed by atoms with Crippen molar-refractivity contribution >= 4 is 35.6 Å². The van der Waals surface area contributed by atoms with Crippen LogP contribution in [0.5, 0.6) is 11.5 Å². The summed E-state index contributed by atoms with van der Waals surface area (Å²) in [6.45, 7) is 4.85. The van der Waals surface area contributed by atoms with Crippen molar-refractivity contribution in [3.05, 3.63) is 53.8 Å². The lowest BCUT2D eigenvalue weighted by Gasteiger charge is -2.22. The van der Waals surface area contributed by atoms with Crippen molar-refractivity contribution < 1.29 is 14.2 Å². The summed E-state index contributed by atoms with van der Waals surface area (Å²) in [5.41, 5.74) is 1.80. The Balaban J connectivity index is 0.00000300. The molecule has 1 fully saturated rings. The number of hydrogen-bond acceptors (Lipinski definition) is 4. The van der Waals surface area contributed by atoms with Crippen molar-refractivity contribution in [2.45, 2.75) is 25.9 Å². The summed E-state index contributed by atoms with van der Waals surface area (Å²) in [5.74, 6) is 0.593. The van der Waals surface area contributed by atoms with Gasteiger partial charge in [0.05, 0.1) is 19.3 Å². The number of anilines is 1. The molecule has 1 aliphatic rings. The number of para-hydroxylation sites is 2. The van der Waals surface area contributed by atoms with Crippen LogP contribution in [-0.2, 0) is 6.54 Å². The zero-order chi connectivity index (χ0) is 19.9. The maximum absolute atomic E-state index is 13.5. The second kappa shape index (κ2) is 11.1. The first-order valence-electron chi connectivity index (χ1n) is 9.51. The molecule has 158 valence electrons. The van der Waals surface area contributed by atoms with E-state index in [9.17, 15) is 9.50 Å². The fourth-order valence-corrected chi connectivity index (χ4v) is 3.32. The van der Waals surface area contributed by atoms with Gasteiger partial charge in [-0.15, -0.1) is 24.0 Å². The molecule has 1 saturated heterocycles. The highest BCUT2D eigenvalue weighted by Gasteiger charge is 2.25. The molecule has 3 N–H and O–H groups in total. The number of rotatable bonds is 6. The number of methoxy groups -OCH3 is 1. The van der Waals surface area contributed by atoms with E-state index in [0.717, 1.165) is 37.5 Å². The first-order chi connectivity index (χ1) is 13.6. The Morgan fingerprint density at radius 2 is 2.10 bits per heavy atom. The van der Waals surface area contributed by atoms with E-state index in [1.807, 2.05) is 25.1 Å². The Morgan fingerprint density at radius 1 is 1.31 bits per heavy atom. The number of aliphatic imine (C=N–C) groups is 1. The van der Waals surface area contributed by atoms with Gasteiger partial charge in [0.1, 0.15) is 5.75 Å². The van der Waals surface area contributed by atoms with Crippen LogP contribution in [0.3, 0.4) is 0 Å². The number of halogens is 2. The van der Waals surface area contributed by atoms with Gasteiger partial charge in [-0.1, -0.05) is 18.2 Å². The van der Waals surface area contributed by atoms with Crippen LogP contribution in [-0.4, -0.2) is 43.9 Å². The average molecular weight is 514 g/mol. The number of nitrogens with one attached hydrogen (secondary N) is 2. The van der Waals surface area contributed by atoms with Crippen LogP contribution in [0.4, 0.5) is 10.1 Å². The minimum atomic E-state index is -0.631. The van der Waals surface area contributed by atoms with Crippen LogP contribution in [0.2, 0.25) is 0 Å². The first-order valence-corrected chi connectivity index (χ1v) is 9.51. The van der Waals surface area contributed by atoms with Gasteiger partial charge >= 0.3 is 0 Å². The molecular formula is C21H28FIN4O2. The Kier molecular flexibility index (Phi) is 8.81. The maximum Gasteiger partial charge on any atom is 0.191 e. The smallest absolute Gasteiger partial charge is 0.191 e. The maximum atomic E-state index is 13.5. The number of aromatic hydroxyl groups is 1. The molecule has 6 nitrogen and oxygen atoms in total. The minimum absolute atomic E-state index is 0. The molecule has 2 aromatic carbocycles. The molecule has 1 aliphatic heterocycles. The van der Waals surface area contributed by atoms with E-state index >= 15 is 0 Å². The Bertz CT molecular complexity index is 834. The third-order valence-electron chi connectivity index (χ3n) is 4.73. The van der Waals surface area contributed by atoms with E-state index in [-0.39, 0.29) is 35.8 Å². The molecule has 8 heteroatoms. The summed E-state index contributed by atoms with van der Waals surface area (Å²) in [7, 11) is 1.69. The van der Waals surface area contributed by atoms with E-state index in [1.54, 1.807) is 13.2 Å². The van der Waals surface area contributed by atoms with E-state index in [4.69, 9.17) is 4.74 Å². The summed E-state index contributed by atoms with van der Waals surface area (Å²) >= 11 is 0. The minimum Gasteiger partial charge on any atom is -0.505 e. The quantitative estimate of drug-likeness (QED) is 0.313. The highest BCUT2D eigenvalue weighted by molar-refractivity contribution is 14.0. The standard InChI is InChI=1S/C21H27FN4O2.HI/c1-3-23-21(24-13-15-8-9-19(27)17(22)12-15)25-16-10-11-26(14-16)18-6-4-5-7-20(18)28-2;/h4-9,12,16,27H,3,10-11,13-14H2,1-2H3,(H2,23,24,25);1H. The number of ether oxygens (including phenoxy) is 1. The van der Waals surface area contributed by atoms with Crippen molar-refractivity contribution in [3.8, 4) is 11.5 Å². The summed E-state index contributed by atoms with van der Waals surface area (Å²) in [6, 6.07) is 12.6. The molecule has 0 aromatic heterocycles. The molecule has 0 bridgehead atoms. The fraction of sp³-hybridized carbons (Fsp3) is 0.381. The number of nitrogens with zero attached hydrogens (tertiary/aromatic N) is 2. The van der Waals surface area contributed by atoms with Crippen LogP contribution in [0.15, 0.2) is 47.5 Å². The number of phenolic OH excluding ortho intramolecular Hbond substituents is 1. The zero-order valence-electron chi connectivity index (χ0n) is 16.7. The number of benzene rings is 2. The van der Waals surface area contributed by atoms with E-state index < -0.39 is 5.82 Å². The lowest BCUT2D eigenvalue weighted by Crippen LogP contribution is -2.44. The van der Waals surface area contributed by atoms with E-state index in [0.29, 0.717) is 18.1 Å². The van der Waals surface area contributed by atoms with E-state index in [2.05, 4.69) is 26.6 Å². The molecule has 0 aliphatic carbocycles. The molecule has 0 saturated carbocycles. The normalized spacial score (nSPS) is 16.3. The largest absolute Gasteiger partial charge is 0.505 e. The van der Waals surface area contributed by atoms with Gasteiger partial charge in [-0.05, 0) is 43.2 Å². The Labute approximate surface area is 188 Å². The highest BCUT2D eigenvalue weighted by Crippen LogP contribution is 2.30. The lowest BCUT2D eigenvalue weighted by molar-refractivity contribution is 0.415. The lowest BCUT2D eigenvalue weighted by atomic mass is 10.2. The predicted octanol–water partition coefficient (Wildman–Crippen LogP) is 3.49. The molecule has 0 radical (unpaired) electrons. The van der Waals surface area contributed by atoms with Gasteiger partial charge in [-0.3, -0.25) is 0 Å². The molecular weight excluding hydrogens is 486 g/mol. The molecule has 0 spiro atoms. The third kappa shape index (κ3) is 6.12. The van der Waals surface area contributed by atoms with Gasteiger partial charge in [-0.25, -0.2) is 9.38 Å². The average Bonchev–Trinajstić information content (AvgIpc) is 3.17. The van der Waals surface area contributed by atoms with Crippen molar-refractivity contribution in [2.75, 3.05) is 31.6 Å². The fourth-order valence-electron chi connectivity index (χ4n) is 3.32. The molecule has 2 aromatic rings. The Hall–Kier alpha value is -2.23. The molecule has 1 unspecified atom stereocenters. The van der Waals surface area contributed by atoms with Gasteiger partial charge in [0, 0.05) is 25.7 Å². The molecule has 29 heavy (non-hydrogen) atoms. The zero-order valence-corrected chi connectivity index (χ0v) is 19.0. The van der Waals surface area contributed by atoms with Crippen LogP contribution >= 0.6 is 24.0 Å². The van der Waals surface area contributed by atoms with Crippen molar-refractivity contribution in [2.24, 2.45) is 4.99 Å². The first kappa shape index (κ1) is 23.1. The second-order valence-electron chi connectivity index (χ2n) is 6.73. The summed E-state index contributed by atoms with van der Waals surface area (Å²) < 4.78 is 19.0. The molecule has 1 atom stereocenters. The second-order valence-corrected chi connectivity index (χ2v) is 6.73. The van der Waals surface area contributed by atoms with Crippen LogP contribution < -0.4 is 20.3 Å². The number of guanidine groups is 1.